The van der Waals surface area contributed by atoms with E-state index in [9.17, 15) is 4.79 Å². The SMILES string of the molecule is CC(=O)Nc1ccc(CNc2ccc(C#N)cc2Br)cc1. The molecule has 0 radical (unpaired) electrons. The molecule has 0 saturated heterocycles. The zero-order chi connectivity index (χ0) is 15.2. The van der Waals surface area contributed by atoms with Gasteiger partial charge >= 0.3 is 0 Å². The smallest absolute Gasteiger partial charge is 0.221 e. The molecule has 0 aliphatic carbocycles. The Morgan fingerprint density at radius 2 is 1.95 bits per heavy atom. The van der Waals surface area contributed by atoms with E-state index in [1.54, 1.807) is 12.1 Å². The highest BCUT2D eigenvalue weighted by Gasteiger charge is 2.02. The maximum Gasteiger partial charge on any atom is 0.221 e. The molecule has 0 aliphatic heterocycles. The lowest BCUT2D eigenvalue weighted by atomic mass is 10.2. The molecule has 2 aromatic rings. The summed E-state index contributed by atoms with van der Waals surface area (Å²) in [6.07, 6.45) is 0. The van der Waals surface area contributed by atoms with Crippen molar-refractivity contribution in [3.8, 4) is 6.07 Å². The molecule has 21 heavy (non-hydrogen) atoms. The number of carbonyl (C=O) groups excluding carboxylic acids is 1. The van der Waals surface area contributed by atoms with Crippen molar-refractivity contribution in [2.24, 2.45) is 0 Å². The molecule has 0 saturated carbocycles. The number of hydrogen-bond acceptors (Lipinski definition) is 3. The standard InChI is InChI=1S/C16H14BrN3O/c1-11(21)20-14-5-2-12(3-6-14)10-19-16-7-4-13(9-18)8-15(16)17/h2-8,19H,10H2,1H3,(H,20,21). The molecule has 5 heteroatoms. The number of halogens is 1. The van der Waals surface area contributed by atoms with Crippen molar-refractivity contribution in [1.29, 1.82) is 5.26 Å². The molecular formula is C16H14BrN3O. The Hall–Kier alpha value is -2.32. The Kier molecular flexibility index (Phi) is 4.96. The zero-order valence-electron chi connectivity index (χ0n) is 11.5. The van der Waals surface area contributed by atoms with Crippen molar-refractivity contribution >= 4 is 33.2 Å². The third-order valence-corrected chi connectivity index (χ3v) is 3.51. The number of nitriles is 1. The van der Waals surface area contributed by atoms with Crippen molar-refractivity contribution in [3.05, 3.63) is 58.1 Å². The molecule has 4 nitrogen and oxygen atoms in total. The summed E-state index contributed by atoms with van der Waals surface area (Å²) in [5.74, 6) is -0.0811. The van der Waals surface area contributed by atoms with Gasteiger partial charge in [0, 0.05) is 29.3 Å². The van der Waals surface area contributed by atoms with Gasteiger partial charge in [-0.05, 0) is 51.8 Å². The van der Waals surface area contributed by atoms with E-state index >= 15 is 0 Å². The van der Waals surface area contributed by atoms with Crippen LogP contribution in [0, 0.1) is 11.3 Å². The molecule has 0 bridgehead atoms. The first-order chi connectivity index (χ1) is 10.1. The van der Waals surface area contributed by atoms with E-state index in [1.807, 2.05) is 30.3 Å². The normalized spacial score (nSPS) is 9.76. The Bertz CT molecular complexity index is 690. The minimum Gasteiger partial charge on any atom is -0.380 e. The Morgan fingerprint density at radius 3 is 2.52 bits per heavy atom. The second kappa shape index (κ2) is 6.91. The van der Waals surface area contributed by atoms with Crippen molar-refractivity contribution in [2.75, 3.05) is 10.6 Å². The molecule has 0 aliphatic rings. The molecular weight excluding hydrogens is 330 g/mol. The van der Waals surface area contributed by atoms with E-state index in [4.69, 9.17) is 5.26 Å². The number of benzene rings is 2. The first-order valence-corrected chi connectivity index (χ1v) is 7.18. The summed E-state index contributed by atoms with van der Waals surface area (Å²) in [5, 5.41) is 14.9. The molecule has 1 amide bonds. The van der Waals surface area contributed by atoms with Crippen LogP contribution in [0.2, 0.25) is 0 Å². The number of anilines is 2. The van der Waals surface area contributed by atoms with Crippen LogP contribution in [-0.4, -0.2) is 5.91 Å². The average Bonchev–Trinajstić information content (AvgIpc) is 2.47. The van der Waals surface area contributed by atoms with Crippen LogP contribution in [0.15, 0.2) is 46.9 Å². The molecule has 0 heterocycles. The fourth-order valence-corrected chi connectivity index (χ4v) is 2.35. The lowest BCUT2D eigenvalue weighted by Crippen LogP contribution is -2.06. The molecule has 0 fully saturated rings. The Balaban J connectivity index is 2.00. The second-order valence-electron chi connectivity index (χ2n) is 4.54. The van der Waals surface area contributed by atoms with Gasteiger partial charge in [-0.1, -0.05) is 12.1 Å². The topological polar surface area (TPSA) is 64.9 Å². The fourth-order valence-electron chi connectivity index (χ4n) is 1.83. The molecule has 0 unspecified atom stereocenters. The van der Waals surface area contributed by atoms with Crippen molar-refractivity contribution in [1.82, 2.24) is 0 Å². The number of rotatable bonds is 4. The molecule has 2 aromatic carbocycles. The zero-order valence-corrected chi connectivity index (χ0v) is 13.1. The number of amides is 1. The van der Waals surface area contributed by atoms with E-state index in [-0.39, 0.29) is 5.91 Å². The minimum atomic E-state index is -0.0811. The second-order valence-corrected chi connectivity index (χ2v) is 5.39. The molecule has 2 N–H and O–H groups in total. The summed E-state index contributed by atoms with van der Waals surface area (Å²) in [5.41, 5.74) is 3.43. The van der Waals surface area contributed by atoms with Crippen LogP contribution in [0.5, 0.6) is 0 Å². The van der Waals surface area contributed by atoms with Gasteiger partial charge in [-0.15, -0.1) is 0 Å². The lowest BCUT2D eigenvalue weighted by molar-refractivity contribution is -0.114. The van der Waals surface area contributed by atoms with E-state index in [0.29, 0.717) is 12.1 Å². The first-order valence-electron chi connectivity index (χ1n) is 6.38. The van der Waals surface area contributed by atoms with Gasteiger partial charge in [0.2, 0.25) is 5.91 Å². The monoisotopic (exact) mass is 343 g/mol. The van der Waals surface area contributed by atoms with Crippen LogP contribution >= 0.6 is 15.9 Å². The van der Waals surface area contributed by atoms with Crippen LogP contribution < -0.4 is 10.6 Å². The van der Waals surface area contributed by atoms with Gasteiger partial charge in [0.15, 0.2) is 0 Å². The lowest BCUT2D eigenvalue weighted by Gasteiger charge is -2.09. The number of carbonyl (C=O) groups is 1. The number of nitrogens with zero attached hydrogens (tertiary/aromatic N) is 1. The quantitative estimate of drug-likeness (QED) is 0.884. The van der Waals surface area contributed by atoms with Gasteiger partial charge in [0.1, 0.15) is 0 Å². The van der Waals surface area contributed by atoms with E-state index < -0.39 is 0 Å². The van der Waals surface area contributed by atoms with Gasteiger partial charge in [-0.2, -0.15) is 5.26 Å². The van der Waals surface area contributed by atoms with Crippen molar-refractivity contribution < 1.29 is 4.79 Å². The predicted molar refractivity (Wildman–Crippen MR) is 86.9 cm³/mol. The molecule has 0 atom stereocenters. The molecule has 0 spiro atoms. The summed E-state index contributed by atoms with van der Waals surface area (Å²) >= 11 is 3.44. The highest BCUT2D eigenvalue weighted by molar-refractivity contribution is 9.10. The third kappa shape index (κ3) is 4.33. The Morgan fingerprint density at radius 1 is 1.24 bits per heavy atom. The maximum atomic E-state index is 10.9. The summed E-state index contributed by atoms with van der Waals surface area (Å²) < 4.78 is 0.858. The van der Waals surface area contributed by atoms with Gasteiger partial charge in [-0.25, -0.2) is 0 Å². The van der Waals surface area contributed by atoms with E-state index in [0.717, 1.165) is 21.4 Å². The fraction of sp³-hybridized carbons (Fsp3) is 0.125. The van der Waals surface area contributed by atoms with Crippen LogP contribution in [0.3, 0.4) is 0 Å². The van der Waals surface area contributed by atoms with Crippen LogP contribution in [0.1, 0.15) is 18.1 Å². The maximum absolute atomic E-state index is 10.9. The Labute approximate surface area is 131 Å². The van der Waals surface area contributed by atoms with Gasteiger partial charge < -0.3 is 10.6 Å². The van der Waals surface area contributed by atoms with E-state index in [2.05, 4.69) is 32.6 Å². The highest BCUT2D eigenvalue weighted by atomic mass is 79.9. The summed E-state index contributed by atoms with van der Waals surface area (Å²) in [4.78, 5) is 10.9. The number of nitrogens with one attached hydrogen (secondary N) is 2. The minimum absolute atomic E-state index is 0.0811. The van der Waals surface area contributed by atoms with Gasteiger partial charge in [-0.3, -0.25) is 4.79 Å². The largest absolute Gasteiger partial charge is 0.380 e. The average molecular weight is 344 g/mol. The van der Waals surface area contributed by atoms with Crippen molar-refractivity contribution in [2.45, 2.75) is 13.5 Å². The van der Waals surface area contributed by atoms with Gasteiger partial charge in [0.25, 0.3) is 0 Å². The van der Waals surface area contributed by atoms with Crippen LogP contribution in [0.4, 0.5) is 11.4 Å². The number of hydrogen-bond donors (Lipinski definition) is 2. The van der Waals surface area contributed by atoms with Crippen LogP contribution in [0.25, 0.3) is 0 Å². The highest BCUT2D eigenvalue weighted by Crippen LogP contribution is 2.24. The summed E-state index contributed by atoms with van der Waals surface area (Å²) in [7, 11) is 0. The third-order valence-electron chi connectivity index (χ3n) is 2.86. The summed E-state index contributed by atoms with van der Waals surface area (Å²) in [6, 6.07) is 15.2. The van der Waals surface area contributed by atoms with Crippen molar-refractivity contribution in [3.63, 3.8) is 0 Å². The van der Waals surface area contributed by atoms with E-state index in [1.165, 1.54) is 6.92 Å². The molecule has 2 rings (SSSR count). The first kappa shape index (κ1) is 15.1. The molecule has 0 aromatic heterocycles. The molecule has 106 valence electrons. The van der Waals surface area contributed by atoms with Crippen LogP contribution in [-0.2, 0) is 11.3 Å². The van der Waals surface area contributed by atoms with Gasteiger partial charge in [0.05, 0.1) is 11.6 Å². The predicted octanol–water partition coefficient (Wildman–Crippen LogP) is 3.89. The summed E-state index contributed by atoms with van der Waals surface area (Å²) in [6.45, 7) is 2.14.